The van der Waals surface area contributed by atoms with E-state index in [1.54, 1.807) is 6.07 Å². The minimum Gasteiger partial charge on any atom is -0.480 e. The van der Waals surface area contributed by atoms with Gasteiger partial charge in [0.05, 0.1) is 0 Å². The zero-order chi connectivity index (χ0) is 15.6. The molecule has 0 spiro atoms. The topological polar surface area (TPSA) is 69.6 Å². The molecule has 1 atom stereocenters. The first kappa shape index (κ1) is 15.4. The summed E-state index contributed by atoms with van der Waals surface area (Å²) in [5.41, 5.74) is 1.27. The number of benzene rings is 1. The highest BCUT2D eigenvalue weighted by molar-refractivity contribution is 6.01. The van der Waals surface area contributed by atoms with E-state index in [4.69, 9.17) is 0 Å². The minimum absolute atomic E-state index is 0.322. The first-order chi connectivity index (χ1) is 9.91. The third kappa shape index (κ3) is 2.86. The maximum absolute atomic E-state index is 12.6. The summed E-state index contributed by atoms with van der Waals surface area (Å²) < 4.78 is 0. The Labute approximate surface area is 125 Å². The van der Waals surface area contributed by atoms with Crippen molar-refractivity contribution in [3.8, 4) is 0 Å². The number of amides is 2. The summed E-state index contributed by atoms with van der Waals surface area (Å²) in [5, 5.41) is 12.4. The number of aliphatic carboxylic acids is 1. The Bertz CT molecular complexity index is 552. The van der Waals surface area contributed by atoms with Crippen LogP contribution in [0.2, 0.25) is 0 Å². The van der Waals surface area contributed by atoms with Crippen LogP contribution >= 0.6 is 0 Å². The van der Waals surface area contributed by atoms with E-state index in [0.29, 0.717) is 12.1 Å². The van der Waals surface area contributed by atoms with E-state index in [1.807, 2.05) is 39.0 Å². The second kappa shape index (κ2) is 5.76. The van der Waals surface area contributed by atoms with Crippen molar-refractivity contribution in [1.29, 1.82) is 0 Å². The molecule has 1 unspecified atom stereocenters. The van der Waals surface area contributed by atoms with Gasteiger partial charge in [-0.2, -0.15) is 0 Å². The SMILES string of the molecule is CCC(C)(CC)NC(=O)N1c2ccccc2CC1C(=O)O. The number of nitrogens with one attached hydrogen (secondary N) is 1. The summed E-state index contributed by atoms with van der Waals surface area (Å²) in [5.74, 6) is -0.976. The number of urea groups is 1. The van der Waals surface area contributed by atoms with Gasteiger partial charge in [-0.15, -0.1) is 0 Å². The Hall–Kier alpha value is -2.04. The monoisotopic (exact) mass is 290 g/mol. The van der Waals surface area contributed by atoms with E-state index >= 15 is 0 Å². The molecule has 0 aromatic heterocycles. The van der Waals surface area contributed by atoms with Crippen LogP contribution in [0, 0.1) is 0 Å². The number of para-hydroxylation sites is 1. The van der Waals surface area contributed by atoms with Crippen molar-refractivity contribution in [3.63, 3.8) is 0 Å². The van der Waals surface area contributed by atoms with E-state index in [2.05, 4.69) is 5.32 Å². The quantitative estimate of drug-likeness (QED) is 0.896. The number of carboxylic acids is 1. The fourth-order valence-electron chi connectivity index (χ4n) is 2.58. The van der Waals surface area contributed by atoms with Gasteiger partial charge in [-0.3, -0.25) is 4.90 Å². The lowest BCUT2D eigenvalue weighted by Gasteiger charge is -2.32. The van der Waals surface area contributed by atoms with Crippen LogP contribution in [0.15, 0.2) is 24.3 Å². The average molecular weight is 290 g/mol. The molecule has 0 saturated carbocycles. The molecule has 1 heterocycles. The first-order valence-electron chi connectivity index (χ1n) is 7.34. The Morgan fingerprint density at radius 3 is 2.52 bits per heavy atom. The van der Waals surface area contributed by atoms with Crippen LogP contribution in [0.1, 0.15) is 39.2 Å². The molecule has 2 N–H and O–H groups in total. The molecule has 2 rings (SSSR count). The predicted molar refractivity (Wildman–Crippen MR) is 81.6 cm³/mol. The van der Waals surface area contributed by atoms with E-state index < -0.39 is 12.0 Å². The zero-order valence-corrected chi connectivity index (χ0v) is 12.7. The average Bonchev–Trinajstić information content (AvgIpc) is 2.86. The molecule has 2 amide bonds. The van der Waals surface area contributed by atoms with Crippen LogP contribution in [0.25, 0.3) is 0 Å². The van der Waals surface area contributed by atoms with Gasteiger partial charge in [0.2, 0.25) is 0 Å². The van der Waals surface area contributed by atoms with E-state index in [0.717, 1.165) is 18.4 Å². The van der Waals surface area contributed by atoms with Crippen LogP contribution in [-0.2, 0) is 11.2 Å². The lowest BCUT2D eigenvalue weighted by molar-refractivity contribution is -0.138. The number of nitrogens with zero attached hydrogens (tertiary/aromatic N) is 1. The standard InChI is InChI=1S/C16H22N2O3/c1-4-16(3,5-2)17-15(21)18-12-9-7-6-8-11(12)10-13(18)14(19)20/h6-9,13H,4-5,10H2,1-3H3,(H,17,21)(H,19,20). The summed E-state index contributed by atoms with van der Waals surface area (Å²) in [6, 6.07) is 6.19. The summed E-state index contributed by atoms with van der Waals surface area (Å²) in [4.78, 5) is 25.5. The van der Waals surface area contributed by atoms with Crippen molar-refractivity contribution >= 4 is 17.7 Å². The molecule has 0 radical (unpaired) electrons. The molecular formula is C16H22N2O3. The summed E-state index contributed by atoms with van der Waals surface area (Å²) in [6.07, 6.45) is 1.94. The number of carboxylic acid groups (broad SMARTS) is 1. The highest BCUT2D eigenvalue weighted by Crippen LogP contribution is 2.32. The fourth-order valence-corrected chi connectivity index (χ4v) is 2.58. The van der Waals surface area contributed by atoms with Gasteiger partial charge in [0, 0.05) is 17.6 Å². The van der Waals surface area contributed by atoms with Gasteiger partial charge >= 0.3 is 12.0 Å². The lowest BCUT2D eigenvalue weighted by atomic mass is 9.96. The maximum atomic E-state index is 12.6. The highest BCUT2D eigenvalue weighted by atomic mass is 16.4. The predicted octanol–water partition coefficient (Wildman–Crippen LogP) is 2.79. The van der Waals surface area contributed by atoms with Crippen LogP contribution in [-0.4, -0.2) is 28.7 Å². The second-order valence-corrected chi connectivity index (χ2v) is 5.75. The van der Waals surface area contributed by atoms with Gasteiger partial charge in [0.1, 0.15) is 6.04 Å². The van der Waals surface area contributed by atoms with Crippen molar-refractivity contribution in [1.82, 2.24) is 5.32 Å². The van der Waals surface area contributed by atoms with E-state index in [1.165, 1.54) is 4.90 Å². The smallest absolute Gasteiger partial charge is 0.327 e. The molecule has 5 heteroatoms. The maximum Gasteiger partial charge on any atom is 0.327 e. The molecule has 114 valence electrons. The number of hydrogen-bond acceptors (Lipinski definition) is 2. The zero-order valence-electron chi connectivity index (χ0n) is 12.7. The number of rotatable bonds is 4. The normalized spacial score (nSPS) is 17.5. The number of hydrogen-bond donors (Lipinski definition) is 2. The van der Waals surface area contributed by atoms with E-state index in [-0.39, 0.29) is 11.6 Å². The number of anilines is 1. The van der Waals surface area contributed by atoms with Crippen LogP contribution in [0.5, 0.6) is 0 Å². The molecule has 0 bridgehead atoms. The third-order valence-electron chi connectivity index (χ3n) is 4.45. The summed E-state index contributed by atoms with van der Waals surface area (Å²) in [7, 11) is 0. The van der Waals surface area contributed by atoms with Gasteiger partial charge in [-0.05, 0) is 31.4 Å². The Kier molecular flexibility index (Phi) is 4.21. The second-order valence-electron chi connectivity index (χ2n) is 5.75. The van der Waals surface area contributed by atoms with Gasteiger partial charge in [-0.1, -0.05) is 32.0 Å². The van der Waals surface area contributed by atoms with Gasteiger partial charge in [-0.25, -0.2) is 9.59 Å². The van der Waals surface area contributed by atoms with Crippen molar-refractivity contribution in [2.24, 2.45) is 0 Å². The van der Waals surface area contributed by atoms with Gasteiger partial charge in [0.25, 0.3) is 0 Å². The van der Waals surface area contributed by atoms with Crippen LogP contribution in [0.3, 0.4) is 0 Å². The molecule has 1 aliphatic rings. The van der Waals surface area contributed by atoms with Crippen molar-refractivity contribution in [2.75, 3.05) is 4.90 Å². The first-order valence-corrected chi connectivity index (χ1v) is 7.34. The molecule has 0 fully saturated rings. The molecular weight excluding hydrogens is 268 g/mol. The number of fused-ring (bicyclic) bond motifs is 1. The van der Waals surface area contributed by atoms with Gasteiger partial charge in [0.15, 0.2) is 0 Å². The summed E-state index contributed by atoms with van der Waals surface area (Å²) >= 11 is 0. The molecule has 5 nitrogen and oxygen atoms in total. The van der Waals surface area contributed by atoms with Crippen molar-refractivity contribution < 1.29 is 14.7 Å². The summed E-state index contributed by atoms with van der Waals surface area (Å²) in [6.45, 7) is 6.00. The molecule has 0 aliphatic carbocycles. The largest absolute Gasteiger partial charge is 0.480 e. The molecule has 1 aromatic carbocycles. The molecule has 1 aromatic rings. The number of carbonyl (C=O) groups excluding carboxylic acids is 1. The van der Waals surface area contributed by atoms with Crippen LogP contribution in [0.4, 0.5) is 10.5 Å². The molecule has 21 heavy (non-hydrogen) atoms. The van der Waals surface area contributed by atoms with E-state index in [9.17, 15) is 14.7 Å². The molecule has 0 saturated heterocycles. The highest BCUT2D eigenvalue weighted by Gasteiger charge is 2.39. The number of carbonyl (C=O) groups is 2. The Morgan fingerprint density at radius 2 is 1.95 bits per heavy atom. The Morgan fingerprint density at radius 1 is 1.33 bits per heavy atom. The minimum atomic E-state index is -0.976. The van der Waals surface area contributed by atoms with Crippen molar-refractivity contribution in [2.45, 2.75) is 51.6 Å². The van der Waals surface area contributed by atoms with Crippen molar-refractivity contribution in [3.05, 3.63) is 29.8 Å². The molecule has 1 aliphatic heterocycles. The third-order valence-corrected chi connectivity index (χ3v) is 4.45. The lowest BCUT2D eigenvalue weighted by Crippen LogP contribution is -2.54. The van der Waals surface area contributed by atoms with Gasteiger partial charge < -0.3 is 10.4 Å². The Balaban J connectivity index is 2.31. The van der Waals surface area contributed by atoms with Crippen LogP contribution < -0.4 is 10.2 Å². The fraction of sp³-hybridized carbons (Fsp3) is 0.500.